The number of nitrogens with one attached hydrogen (secondary N) is 1. The van der Waals surface area contributed by atoms with Crippen LogP contribution in [0.1, 0.15) is 41.3 Å². The molecule has 1 saturated carbocycles. The molecule has 1 fully saturated rings. The molecular weight excluding hydrogens is 542 g/mol. The summed E-state index contributed by atoms with van der Waals surface area (Å²) in [5.41, 5.74) is 3.85. The van der Waals surface area contributed by atoms with E-state index in [4.69, 9.17) is 28.5 Å². The van der Waals surface area contributed by atoms with E-state index in [2.05, 4.69) is 25.3 Å². The van der Waals surface area contributed by atoms with Crippen LogP contribution in [0.3, 0.4) is 0 Å². The molecule has 0 radical (unpaired) electrons. The molecule has 4 aromatic heterocycles. The number of benzene rings is 1. The van der Waals surface area contributed by atoms with E-state index in [0.717, 1.165) is 12.1 Å². The van der Waals surface area contributed by atoms with Crippen LogP contribution in [0.2, 0.25) is 10.2 Å². The van der Waals surface area contributed by atoms with E-state index in [-0.39, 0.29) is 45.5 Å². The first kappa shape index (κ1) is 23.8. The van der Waals surface area contributed by atoms with Crippen molar-refractivity contribution in [3.63, 3.8) is 0 Å². The van der Waals surface area contributed by atoms with Crippen molar-refractivity contribution in [1.29, 1.82) is 5.26 Å². The number of pyridine rings is 2. The van der Waals surface area contributed by atoms with Gasteiger partial charge < -0.3 is 9.55 Å². The Labute approximate surface area is 230 Å². The van der Waals surface area contributed by atoms with Gasteiger partial charge in [0.05, 0.1) is 23.5 Å². The number of nitriles is 1. The molecular formula is C27H17Cl2FN8O. The summed E-state index contributed by atoms with van der Waals surface area (Å²) in [6.45, 7) is 1.70. The molecule has 0 amide bonds. The third kappa shape index (κ3) is 3.77. The fourth-order valence-corrected chi connectivity index (χ4v) is 5.93. The number of imidazole rings is 1. The minimum Gasteiger partial charge on any atom is -0.331 e. The van der Waals surface area contributed by atoms with Gasteiger partial charge in [-0.1, -0.05) is 28.4 Å². The zero-order valence-electron chi connectivity index (χ0n) is 20.2. The van der Waals surface area contributed by atoms with E-state index in [0.29, 0.717) is 33.4 Å². The summed E-state index contributed by atoms with van der Waals surface area (Å²) < 4.78 is 17.8. The number of rotatable bonds is 4. The second-order valence-corrected chi connectivity index (χ2v) is 10.5. The highest BCUT2D eigenvalue weighted by molar-refractivity contribution is 6.32. The first-order valence-corrected chi connectivity index (χ1v) is 12.9. The largest absolute Gasteiger partial charge is 0.331 e. The molecule has 0 saturated heterocycles. The standard InChI is InChI=1S/C27H17Cl2FN8O/c1-12-2-4-16(26(30)32-12)23-25(29)34-27(33-23)24-19-9-18(19)21-6-13(7-22(39)38(21)24)17-8-14(28)3-5-20(17)37-11-15(10-31)35-36-37/h2-8,11,18-19,24H,9H2,1H3,(H,33,34). The van der Waals surface area contributed by atoms with Gasteiger partial charge in [-0.3, -0.25) is 4.79 Å². The van der Waals surface area contributed by atoms with Crippen LogP contribution in [-0.4, -0.2) is 34.5 Å². The van der Waals surface area contributed by atoms with Crippen LogP contribution in [0.15, 0.2) is 53.5 Å². The predicted molar refractivity (Wildman–Crippen MR) is 141 cm³/mol. The highest BCUT2D eigenvalue weighted by Crippen LogP contribution is 2.60. The molecule has 5 aromatic rings. The van der Waals surface area contributed by atoms with Gasteiger partial charge in [0.15, 0.2) is 5.69 Å². The average Bonchev–Trinajstić information content (AvgIpc) is 3.22. The normalized spacial score (nSPS) is 19.0. The van der Waals surface area contributed by atoms with E-state index in [1.165, 1.54) is 10.9 Å². The van der Waals surface area contributed by atoms with Gasteiger partial charge in [0.25, 0.3) is 5.56 Å². The number of aryl methyl sites for hydroxylation is 1. The molecule has 0 spiro atoms. The number of halogens is 3. The lowest BCUT2D eigenvalue weighted by Crippen LogP contribution is -2.26. The number of hydrogen-bond acceptors (Lipinski definition) is 6. The maximum atomic E-state index is 14.6. The second kappa shape index (κ2) is 8.59. The molecule has 5 heterocycles. The van der Waals surface area contributed by atoms with Crippen molar-refractivity contribution in [1.82, 2.24) is 34.5 Å². The highest BCUT2D eigenvalue weighted by Gasteiger charge is 2.54. The topological polar surface area (TPSA) is 118 Å². The van der Waals surface area contributed by atoms with Crippen LogP contribution in [0, 0.1) is 30.1 Å². The van der Waals surface area contributed by atoms with Crippen molar-refractivity contribution in [2.45, 2.75) is 25.3 Å². The molecule has 2 aliphatic rings. The zero-order valence-corrected chi connectivity index (χ0v) is 21.7. The van der Waals surface area contributed by atoms with E-state index in [9.17, 15) is 9.18 Å². The molecule has 3 atom stereocenters. The summed E-state index contributed by atoms with van der Waals surface area (Å²) in [6.07, 6.45) is 2.41. The molecule has 7 rings (SSSR count). The fourth-order valence-electron chi connectivity index (χ4n) is 5.52. The molecule has 1 aliphatic heterocycles. The maximum absolute atomic E-state index is 14.6. The number of H-pyrrole nitrogens is 1. The molecule has 0 bridgehead atoms. The van der Waals surface area contributed by atoms with Gasteiger partial charge in [-0.05, 0) is 61.2 Å². The summed E-state index contributed by atoms with van der Waals surface area (Å²) >= 11 is 12.8. The molecule has 39 heavy (non-hydrogen) atoms. The molecule has 1 N–H and O–H groups in total. The van der Waals surface area contributed by atoms with Gasteiger partial charge in [-0.25, -0.2) is 14.6 Å². The first-order valence-electron chi connectivity index (χ1n) is 12.1. The Bertz CT molecular complexity index is 1920. The summed E-state index contributed by atoms with van der Waals surface area (Å²) in [5, 5.41) is 17.8. The van der Waals surface area contributed by atoms with E-state index in [1.807, 2.05) is 12.1 Å². The summed E-state index contributed by atoms with van der Waals surface area (Å²) in [7, 11) is 0. The van der Waals surface area contributed by atoms with Crippen molar-refractivity contribution in [3.8, 4) is 34.1 Å². The monoisotopic (exact) mass is 558 g/mol. The van der Waals surface area contributed by atoms with E-state index in [1.54, 1.807) is 47.9 Å². The smallest absolute Gasteiger partial charge is 0.252 e. The SMILES string of the molecule is Cc1ccc(-c2nc(C3C4CC4c4cc(-c5cc(Cl)ccc5-n5cc(C#N)nn5)cc(=O)n43)[nH]c2Cl)c(F)n1. The van der Waals surface area contributed by atoms with Gasteiger partial charge in [-0.2, -0.15) is 9.65 Å². The molecule has 12 heteroatoms. The lowest BCUT2D eigenvalue weighted by molar-refractivity contribution is 0.514. The predicted octanol–water partition coefficient (Wildman–Crippen LogP) is 5.21. The van der Waals surface area contributed by atoms with Crippen molar-refractivity contribution < 1.29 is 4.39 Å². The summed E-state index contributed by atoms with van der Waals surface area (Å²) in [4.78, 5) is 25.2. The summed E-state index contributed by atoms with van der Waals surface area (Å²) in [6, 6.07) is 13.7. The molecule has 9 nitrogen and oxygen atoms in total. The lowest BCUT2D eigenvalue weighted by Gasteiger charge is -2.18. The van der Waals surface area contributed by atoms with Crippen LogP contribution in [0.25, 0.3) is 28.1 Å². The second-order valence-electron chi connectivity index (χ2n) is 9.73. The summed E-state index contributed by atoms with van der Waals surface area (Å²) in [5.74, 6) is 0.189. The fraction of sp³-hybridized carbons (Fsp3) is 0.185. The minimum atomic E-state index is -0.653. The van der Waals surface area contributed by atoms with Crippen molar-refractivity contribution >= 4 is 23.2 Å². The highest BCUT2D eigenvalue weighted by atomic mass is 35.5. The molecule has 1 aromatic carbocycles. The number of nitrogens with zero attached hydrogens (tertiary/aromatic N) is 7. The van der Waals surface area contributed by atoms with Gasteiger partial charge >= 0.3 is 0 Å². The van der Waals surface area contributed by atoms with Crippen LogP contribution in [0.5, 0.6) is 0 Å². The Morgan fingerprint density at radius 1 is 1.13 bits per heavy atom. The molecule has 1 aliphatic carbocycles. The number of aromatic nitrogens is 7. The van der Waals surface area contributed by atoms with Crippen molar-refractivity contribution in [2.75, 3.05) is 0 Å². The number of hydrogen-bond donors (Lipinski definition) is 1. The zero-order chi connectivity index (χ0) is 27.0. The van der Waals surface area contributed by atoms with Crippen LogP contribution >= 0.6 is 23.2 Å². The third-order valence-electron chi connectivity index (χ3n) is 7.33. The Hall–Kier alpha value is -4.33. The van der Waals surface area contributed by atoms with Gasteiger partial charge in [-0.15, -0.1) is 5.10 Å². The van der Waals surface area contributed by atoms with Crippen LogP contribution in [-0.2, 0) is 0 Å². The third-order valence-corrected chi connectivity index (χ3v) is 7.84. The Morgan fingerprint density at radius 2 is 1.97 bits per heavy atom. The minimum absolute atomic E-state index is 0.163. The number of fused-ring (bicyclic) bond motifs is 3. The first-order chi connectivity index (χ1) is 18.8. The average molecular weight is 559 g/mol. The van der Waals surface area contributed by atoms with Crippen LogP contribution in [0.4, 0.5) is 4.39 Å². The van der Waals surface area contributed by atoms with E-state index < -0.39 is 5.95 Å². The number of aromatic amines is 1. The Morgan fingerprint density at radius 3 is 2.74 bits per heavy atom. The van der Waals surface area contributed by atoms with Crippen LogP contribution < -0.4 is 5.56 Å². The van der Waals surface area contributed by atoms with Crippen molar-refractivity contribution in [2.24, 2.45) is 5.92 Å². The Balaban J connectivity index is 1.32. The maximum Gasteiger partial charge on any atom is 0.252 e. The Kier molecular flexibility index (Phi) is 5.24. The van der Waals surface area contributed by atoms with Gasteiger partial charge in [0, 0.05) is 34.0 Å². The van der Waals surface area contributed by atoms with Gasteiger partial charge in [0.2, 0.25) is 5.95 Å². The molecule has 192 valence electrons. The van der Waals surface area contributed by atoms with Crippen molar-refractivity contribution in [3.05, 3.63) is 98.0 Å². The van der Waals surface area contributed by atoms with E-state index >= 15 is 0 Å². The molecule has 3 unspecified atom stereocenters. The van der Waals surface area contributed by atoms with Gasteiger partial charge in [0.1, 0.15) is 22.7 Å². The quantitative estimate of drug-likeness (QED) is 0.302. The lowest BCUT2D eigenvalue weighted by atomic mass is 10.0.